The van der Waals surface area contributed by atoms with Gasteiger partial charge in [0.2, 0.25) is 5.91 Å². The molecule has 1 aliphatic heterocycles. The highest BCUT2D eigenvalue weighted by atomic mass is 19.1. The van der Waals surface area contributed by atoms with Gasteiger partial charge in [-0.2, -0.15) is 0 Å². The molecule has 0 atom stereocenters. The van der Waals surface area contributed by atoms with Gasteiger partial charge < -0.3 is 15.5 Å². The fourth-order valence-electron chi connectivity index (χ4n) is 3.73. The van der Waals surface area contributed by atoms with Crippen LogP contribution < -0.4 is 15.5 Å². The smallest absolute Gasteiger partial charge is 0.270 e. The lowest BCUT2D eigenvalue weighted by Gasteiger charge is -2.35. The topological polar surface area (TPSA) is 77.6 Å². The number of benzene rings is 2. The molecule has 0 bridgehead atoms. The maximum atomic E-state index is 13.7. The Labute approximate surface area is 192 Å². The third-order valence-corrected chi connectivity index (χ3v) is 5.52. The van der Waals surface area contributed by atoms with E-state index in [1.165, 1.54) is 6.07 Å². The summed E-state index contributed by atoms with van der Waals surface area (Å²) in [6, 6.07) is 19.5. The standard InChI is InChI=1S/C25H26FN5O2/c26-21-8-4-5-9-22(21)29-24(32)18-30-12-14-31(15-13-30)20-10-11-27-23(16-20)25(33)28-17-19-6-2-1-3-7-19/h1-11,16H,12-15,17-18H2,(H,28,33)(H,29,32). The molecular weight excluding hydrogens is 421 g/mol. The molecule has 2 aromatic carbocycles. The molecule has 1 saturated heterocycles. The summed E-state index contributed by atoms with van der Waals surface area (Å²) >= 11 is 0. The quantitative estimate of drug-likeness (QED) is 0.583. The zero-order valence-electron chi connectivity index (χ0n) is 18.2. The number of rotatable bonds is 7. The van der Waals surface area contributed by atoms with E-state index in [2.05, 4.69) is 20.5 Å². The zero-order chi connectivity index (χ0) is 23.0. The summed E-state index contributed by atoms with van der Waals surface area (Å²) in [7, 11) is 0. The number of halogens is 1. The molecule has 1 fully saturated rings. The van der Waals surface area contributed by atoms with Gasteiger partial charge in [0.1, 0.15) is 11.5 Å². The number of piperazine rings is 1. The van der Waals surface area contributed by atoms with Crippen molar-refractivity contribution in [1.82, 2.24) is 15.2 Å². The Morgan fingerprint density at radius 3 is 2.42 bits per heavy atom. The predicted molar refractivity (Wildman–Crippen MR) is 126 cm³/mol. The fraction of sp³-hybridized carbons (Fsp3) is 0.240. The number of aromatic nitrogens is 1. The van der Waals surface area contributed by atoms with E-state index in [4.69, 9.17) is 0 Å². The molecule has 2 heterocycles. The first-order valence-electron chi connectivity index (χ1n) is 10.9. The van der Waals surface area contributed by atoms with Crippen LogP contribution in [0, 0.1) is 5.82 Å². The van der Waals surface area contributed by atoms with Crippen LogP contribution in [0.4, 0.5) is 15.8 Å². The van der Waals surface area contributed by atoms with Gasteiger partial charge in [0.15, 0.2) is 0 Å². The van der Waals surface area contributed by atoms with Crippen molar-refractivity contribution in [2.75, 3.05) is 42.9 Å². The van der Waals surface area contributed by atoms with E-state index in [0.717, 1.165) is 11.3 Å². The van der Waals surface area contributed by atoms with Gasteiger partial charge in [-0.3, -0.25) is 19.5 Å². The highest BCUT2D eigenvalue weighted by molar-refractivity contribution is 5.93. The molecule has 2 amide bonds. The van der Waals surface area contributed by atoms with Crippen LogP contribution in [-0.2, 0) is 11.3 Å². The third kappa shape index (κ3) is 6.14. The van der Waals surface area contributed by atoms with Crippen LogP contribution in [-0.4, -0.2) is 54.4 Å². The molecule has 4 rings (SSSR count). The summed E-state index contributed by atoms with van der Waals surface area (Å²) in [6.07, 6.45) is 1.64. The van der Waals surface area contributed by atoms with Crippen molar-refractivity contribution < 1.29 is 14.0 Å². The second-order valence-electron chi connectivity index (χ2n) is 7.86. The van der Waals surface area contributed by atoms with E-state index in [9.17, 15) is 14.0 Å². The van der Waals surface area contributed by atoms with E-state index in [1.807, 2.05) is 41.3 Å². The number of anilines is 2. The van der Waals surface area contributed by atoms with Gasteiger partial charge in [-0.05, 0) is 29.8 Å². The second kappa shape index (κ2) is 10.7. The van der Waals surface area contributed by atoms with Gasteiger partial charge in [-0.1, -0.05) is 42.5 Å². The first kappa shape index (κ1) is 22.4. The monoisotopic (exact) mass is 447 g/mol. The Morgan fingerprint density at radius 1 is 0.939 bits per heavy atom. The van der Waals surface area contributed by atoms with Crippen molar-refractivity contribution in [3.63, 3.8) is 0 Å². The Hall–Kier alpha value is -3.78. The van der Waals surface area contributed by atoms with E-state index in [0.29, 0.717) is 38.4 Å². The van der Waals surface area contributed by atoms with Gasteiger partial charge in [-0.15, -0.1) is 0 Å². The van der Waals surface area contributed by atoms with Crippen LogP contribution in [0.15, 0.2) is 72.9 Å². The number of nitrogens with zero attached hydrogens (tertiary/aromatic N) is 3. The number of pyridine rings is 1. The van der Waals surface area contributed by atoms with Crippen LogP contribution in [0.2, 0.25) is 0 Å². The van der Waals surface area contributed by atoms with Crippen LogP contribution >= 0.6 is 0 Å². The fourth-order valence-corrected chi connectivity index (χ4v) is 3.73. The van der Waals surface area contributed by atoms with Crippen LogP contribution in [0.1, 0.15) is 16.1 Å². The van der Waals surface area contributed by atoms with Crippen LogP contribution in [0.5, 0.6) is 0 Å². The van der Waals surface area contributed by atoms with Crippen molar-refractivity contribution in [3.8, 4) is 0 Å². The van der Waals surface area contributed by atoms with Crippen molar-refractivity contribution in [2.24, 2.45) is 0 Å². The van der Waals surface area contributed by atoms with E-state index in [1.54, 1.807) is 30.5 Å². The molecule has 0 saturated carbocycles. The number of hydrogen-bond acceptors (Lipinski definition) is 5. The summed E-state index contributed by atoms with van der Waals surface area (Å²) in [5, 5.41) is 5.52. The Kier molecular flexibility index (Phi) is 7.26. The average Bonchev–Trinajstić information content (AvgIpc) is 2.85. The normalized spacial score (nSPS) is 14.0. The molecular formula is C25H26FN5O2. The number of nitrogens with one attached hydrogen (secondary N) is 2. The maximum absolute atomic E-state index is 13.7. The molecule has 33 heavy (non-hydrogen) atoms. The molecule has 3 aromatic rings. The molecule has 8 heteroatoms. The molecule has 0 unspecified atom stereocenters. The number of hydrogen-bond donors (Lipinski definition) is 2. The first-order chi connectivity index (χ1) is 16.1. The van der Waals surface area contributed by atoms with E-state index < -0.39 is 5.82 Å². The number of amides is 2. The lowest BCUT2D eigenvalue weighted by molar-refractivity contribution is -0.117. The molecule has 0 spiro atoms. The molecule has 1 aromatic heterocycles. The second-order valence-corrected chi connectivity index (χ2v) is 7.86. The Balaban J connectivity index is 1.27. The lowest BCUT2D eigenvalue weighted by atomic mass is 10.2. The van der Waals surface area contributed by atoms with Crippen LogP contribution in [0.3, 0.4) is 0 Å². The third-order valence-electron chi connectivity index (χ3n) is 5.52. The molecule has 0 aliphatic carbocycles. The number of para-hydroxylation sites is 1. The van der Waals surface area contributed by atoms with Gasteiger partial charge in [0.25, 0.3) is 5.91 Å². The number of carbonyl (C=O) groups is 2. The van der Waals surface area contributed by atoms with Crippen molar-refractivity contribution in [1.29, 1.82) is 0 Å². The molecule has 1 aliphatic rings. The summed E-state index contributed by atoms with van der Waals surface area (Å²) in [6.45, 7) is 3.43. The average molecular weight is 448 g/mol. The van der Waals surface area contributed by atoms with Gasteiger partial charge >= 0.3 is 0 Å². The highest BCUT2D eigenvalue weighted by Gasteiger charge is 2.20. The Morgan fingerprint density at radius 2 is 1.67 bits per heavy atom. The zero-order valence-corrected chi connectivity index (χ0v) is 18.2. The highest BCUT2D eigenvalue weighted by Crippen LogP contribution is 2.17. The Bertz CT molecular complexity index is 1100. The van der Waals surface area contributed by atoms with Crippen molar-refractivity contribution in [3.05, 3.63) is 90.0 Å². The lowest BCUT2D eigenvalue weighted by Crippen LogP contribution is -2.48. The van der Waals surface area contributed by atoms with Gasteiger partial charge in [0.05, 0.1) is 12.2 Å². The molecule has 0 radical (unpaired) electrons. The van der Waals surface area contributed by atoms with Crippen molar-refractivity contribution in [2.45, 2.75) is 6.54 Å². The molecule has 2 N–H and O–H groups in total. The summed E-state index contributed by atoms with van der Waals surface area (Å²) in [5.74, 6) is -0.907. The maximum Gasteiger partial charge on any atom is 0.270 e. The minimum atomic E-state index is -0.447. The van der Waals surface area contributed by atoms with Gasteiger partial charge in [-0.25, -0.2) is 4.39 Å². The van der Waals surface area contributed by atoms with E-state index >= 15 is 0 Å². The SMILES string of the molecule is O=C(CN1CCN(c2ccnc(C(=O)NCc3ccccc3)c2)CC1)Nc1ccccc1F. The minimum absolute atomic E-state index is 0.191. The van der Waals surface area contributed by atoms with Crippen molar-refractivity contribution >= 4 is 23.2 Å². The molecule has 7 nitrogen and oxygen atoms in total. The van der Waals surface area contributed by atoms with Gasteiger partial charge in [0, 0.05) is 44.6 Å². The summed E-state index contributed by atoms with van der Waals surface area (Å²) in [5.41, 5.74) is 2.51. The summed E-state index contributed by atoms with van der Waals surface area (Å²) < 4.78 is 13.7. The van der Waals surface area contributed by atoms with Crippen LogP contribution in [0.25, 0.3) is 0 Å². The number of carbonyl (C=O) groups excluding carboxylic acids is 2. The predicted octanol–water partition coefficient (Wildman–Crippen LogP) is 2.91. The molecule has 170 valence electrons. The minimum Gasteiger partial charge on any atom is -0.369 e. The largest absolute Gasteiger partial charge is 0.369 e. The summed E-state index contributed by atoms with van der Waals surface area (Å²) in [4.78, 5) is 33.2. The first-order valence-corrected chi connectivity index (χ1v) is 10.9. The van der Waals surface area contributed by atoms with E-state index in [-0.39, 0.29) is 24.0 Å².